The first-order valence-electron chi connectivity index (χ1n) is 5.96. The maximum atomic E-state index is 11.5. The van der Waals surface area contributed by atoms with Gasteiger partial charge in [-0.2, -0.15) is 0 Å². The Balaban J connectivity index is 2.07. The maximum Gasteiger partial charge on any atom is 0.333 e. The van der Waals surface area contributed by atoms with Crippen molar-refractivity contribution < 1.29 is 18.7 Å². The van der Waals surface area contributed by atoms with Gasteiger partial charge in [0.1, 0.15) is 11.5 Å². The first-order valence-corrected chi connectivity index (χ1v) is 5.96. The fraction of sp³-hybridized carbons (Fsp3) is 0.429. The Bertz CT molecular complexity index is 403. The molecule has 0 saturated carbocycles. The molecule has 4 nitrogen and oxygen atoms in total. The number of hydrogen-bond donors (Lipinski definition) is 0. The van der Waals surface area contributed by atoms with Crippen LogP contribution in [-0.4, -0.2) is 18.4 Å². The van der Waals surface area contributed by atoms with Gasteiger partial charge in [0.25, 0.3) is 0 Å². The van der Waals surface area contributed by atoms with Crippen molar-refractivity contribution in [2.45, 2.75) is 32.6 Å². The van der Waals surface area contributed by atoms with Crippen molar-refractivity contribution in [3.63, 3.8) is 0 Å². The molecule has 1 rings (SSSR count). The summed E-state index contributed by atoms with van der Waals surface area (Å²) < 4.78 is 10.0. The van der Waals surface area contributed by atoms with Crippen LogP contribution in [0.4, 0.5) is 0 Å². The van der Waals surface area contributed by atoms with Crippen LogP contribution in [0, 0.1) is 0 Å². The van der Waals surface area contributed by atoms with Gasteiger partial charge < -0.3 is 9.15 Å². The van der Waals surface area contributed by atoms with Gasteiger partial charge in [-0.3, -0.25) is 4.79 Å². The van der Waals surface area contributed by atoms with Crippen molar-refractivity contribution in [2.75, 3.05) is 6.61 Å². The van der Waals surface area contributed by atoms with Crippen LogP contribution in [0.15, 0.2) is 35.0 Å². The van der Waals surface area contributed by atoms with Gasteiger partial charge in [0.15, 0.2) is 0 Å². The van der Waals surface area contributed by atoms with Crippen molar-refractivity contribution in [2.24, 2.45) is 0 Å². The van der Waals surface area contributed by atoms with Crippen molar-refractivity contribution >= 4 is 11.8 Å². The normalized spacial score (nSPS) is 10.1. The lowest BCUT2D eigenvalue weighted by molar-refractivity contribution is -0.139. The van der Waals surface area contributed by atoms with Crippen LogP contribution in [0.5, 0.6) is 0 Å². The van der Waals surface area contributed by atoms with Gasteiger partial charge in [0.2, 0.25) is 0 Å². The number of carbonyl (C=O) groups excluding carboxylic acids is 2. The number of hydrogen-bond acceptors (Lipinski definition) is 4. The van der Waals surface area contributed by atoms with E-state index in [1.165, 1.54) is 0 Å². The zero-order chi connectivity index (χ0) is 13.4. The fourth-order valence-corrected chi connectivity index (χ4v) is 1.40. The third kappa shape index (κ3) is 5.48. The number of Topliss-reactive ketones (excluding diaryl/α,β-unsaturated/α-hetero) is 1. The quantitative estimate of drug-likeness (QED) is 0.404. The van der Waals surface area contributed by atoms with Crippen molar-refractivity contribution in [3.8, 4) is 0 Å². The van der Waals surface area contributed by atoms with Crippen LogP contribution in [-0.2, 0) is 20.7 Å². The van der Waals surface area contributed by atoms with E-state index in [4.69, 9.17) is 9.15 Å². The van der Waals surface area contributed by atoms with Crippen molar-refractivity contribution in [1.82, 2.24) is 0 Å². The third-order valence-electron chi connectivity index (χ3n) is 2.41. The number of ether oxygens (including phenoxy) is 1. The minimum Gasteiger partial charge on any atom is -0.469 e. The van der Waals surface area contributed by atoms with Gasteiger partial charge in [-0.15, -0.1) is 0 Å². The Labute approximate surface area is 107 Å². The highest BCUT2D eigenvalue weighted by molar-refractivity contribution is 5.86. The molecule has 98 valence electrons. The van der Waals surface area contributed by atoms with Gasteiger partial charge in [0.05, 0.1) is 12.9 Å². The molecule has 0 bridgehead atoms. The van der Waals surface area contributed by atoms with Crippen molar-refractivity contribution in [1.29, 1.82) is 0 Å². The molecule has 0 fully saturated rings. The van der Waals surface area contributed by atoms with E-state index in [9.17, 15) is 9.59 Å². The van der Waals surface area contributed by atoms with E-state index in [1.807, 2.05) is 6.07 Å². The van der Waals surface area contributed by atoms with Gasteiger partial charge >= 0.3 is 5.97 Å². The summed E-state index contributed by atoms with van der Waals surface area (Å²) in [6.07, 6.45) is 3.65. The molecule has 0 aromatic carbocycles. The van der Waals surface area contributed by atoms with Crippen molar-refractivity contribution in [3.05, 3.63) is 36.3 Å². The lowest BCUT2D eigenvalue weighted by Gasteiger charge is -2.03. The van der Waals surface area contributed by atoms with Gasteiger partial charge in [-0.25, -0.2) is 4.79 Å². The molecule has 1 aromatic rings. The molecule has 0 N–H and O–H groups in total. The zero-order valence-electron chi connectivity index (χ0n) is 10.6. The second kappa shape index (κ2) is 7.48. The van der Waals surface area contributed by atoms with E-state index in [1.54, 1.807) is 19.3 Å². The van der Waals surface area contributed by atoms with Gasteiger partial charge in [-0.05, 0) is 25.5 Å². The number of esters is 1. The molecule has 0 amide bonds. The summed E-state index contributed by atoms with van der Waals surface area (Å²) in [7, 11) is 0. The van der Waals surface area contributed by atoms with Gasteiger partial charge in [-0.1, -0.05) is 6.58 Å². The van der Waals surface area contributed by atoms with Crippen LogP contribution in [0.1, 0.15) is 31.9 Å². The van der Waals surface area contributed by atoms with E-state index in [0.717, 1.165) is 5.76 Å². The monoisotopic (exact) mass is 250 g/mol. The van der Waals surface area contributed by atoms with E-state index < -0.39 is 5.97 Å². The molecule has 0 aliphatic heterocycles. The molecule has 4 heteroatoms. The Morgan fingerprint density at radius 2 is 2.17 bits per heavy atom. The predicted molar refractivity (Wildman–Crippen MR) is 67.0 cm³/mol. The smallest absolute Gasteiger partial charge is 0.333 e. The van der Waals surface area contributed by atoms with E-state index in [0.29, 0.717) is 31.3 Å². The molecule has 0 radical (unpaired) electrons. The van der Waals surface area contributed by atoms with E-state index in [-0.39, 0.29) is 12.4 Å². The largest absolute Gasteiger partial charge is 0.469 e. The van der Waals surface area contributed by atoms with Gasteiger partial charge in [0, 0.05) is 24.8 Å². The van der Waals surface area contributed by atoms with Crippen LogP contribution >= 0.6 is 0 Å². The summed E-state index contributed by atoms with van der Waals surface area (Å²) in [6, 6.07) is 3.65. The summed E-state index contributed by atoms with van der Waals surface area (Å²) in [6.45, 7) is 5.33. The first-order chi connectivity index (χ1) is 8.59. The SMILES string of the molecule is C=C(C)C(=O)OCCCC(=O)CCc1ccco1. The molecule has 0 unspecified atom stereocenters. The molecular weight excluding hydrogens is 232 g/mol. The second-order valence-corrected chi connectivity index (χ2v) is 4.14. The maximum absolute atomic E-state index is 11.5. The minimum absolute atomic E-state index is 0.151. The Morgan fingerprint density at radius 3 is 2.78 bits per heavy atom. The molecule has 1 heterocycles. The standard InChI is InChI=1S/C14H18O4/c1-11(2)14(16)18-10-3-5-12(15)7-8-13-6-4-9-17-13/h4,6,9H,1,3,5,7-8,10H2,2H3. The van der Waals surface area contributed by atoms with Crippen LogP contribution in [0.2, 0.25) is 0 Å². The summed E-state index contributed by atoms with van der Waals surface area (Å²) >= 11 is 0. The molecule has 0 saturated heterocycles. The molecule has 0 aliphatic rings. The Kier molecular flexibility index (Phi) is 5.91. The Hall–Kier alpha value is -1.84. The number of rotatable bonds is 8. The average Bonchev–Trinajstić information content (AvgIpc) is 2.84. The van der Waals surface area contributed by atoms with Crippen LogP contribution < -0.4 is 0 Å². The Morgan fingerprint density at radius 1 is 1.39 bits per heavy atom. The number of aryl methyl sites for hydroxylation is 1. The highest BCUT2D eigenvalue weighted by atomic mass is 16.5. The topological polar surface area (TPSA) is 56.5 Å². The number of ketones is 1. The van der Waals surface area contributed by atoms with Crippen LogP contribution in [0.3, 0.4) is 0 Å². The zero-order valence-corrected chi connectivity index (χ0v) is 10.6. The average molecular weight is 250 g/mol. The molecule has 0 atom stereocenters. The lowest BCUT2D eigenvalue weighted by Crippen LogP contribution is -2.08. The highest BCUT2D eigenvalue weighted by Gasteiger charge is 2.06. The summed E-state index contributed by atoms with van der Waals surface area (Å²) in [5.41, 5.74) is 0.374. The second-order valence-electron chi connectivity index (χ2n) is 4.14. The molecule has 0 spiro atoms. The lowest BCUT2D eigenvalue weighted by atomic mass is 10.1. The molecule has 0 aliphatic carbocycles. The predicted octanol–water partition coefficient (Wildman–Crippen LogP) is 2.68. The summed E-state index contributed by atoms with van der Waals surface area (Å²) in [4.78, 5) is 22.6. The fourth-order valence-electron chi connectivity index (χ4n) is 1.40. The molecule has 18 heavy (non-hydrogen) atoms. The first kappa shape index (κ1) is 14.2. The highest BCUT2D eigenvalue weighted by Crippen LogP contribution is 2.06. The number of carbonyl (C=O) groups is 2. The van der Waals surface area contributed by atoms with E-state index >= 15 is 0 Å². The molecule has 1 aromatic heterocycles. The summed E-state index contributed by atoms with van der Waals surface area (Å²) in [5.74, 6) is 0.563. The van der Waals surface area contributed by atoms with E-state index in [2.05, 4.69) is 6.58 Å². The summed E-state index contributed by atoms with van der Waals surface area (Å²) in [5, 5.41) is 0. The van der Waals surface area contributed by atoms with Crippen LogP contribution in [0.25, 0.3) is 0 Å². The third-order valence-corrected chi connectivity index (χ3v) is 2.41. The minimum atomic E-state index is -0.405. The number of furan rings is 1. The molecular formula is C14H18O4.